The molecule has 0 saturated carbocycles. The zero-order valence-electron chi connectivity index (χ0n) is 21.6. The molecule has 5 N–H and O–H groups in total. The third-order valence-electron chi connectivity index (χ3n) is 5.48. The topological polar surface area (TPSA) is 163 Å². The molecule has 2 rings (SSSR count). The van der Waals surface area contributed by atoms with Crippen molar-refractivity contribution in [3.63, 3.8) is 0 Å². The van der Waals surface area contributed by atoms with Gasteiger partial charge in [0.15, 0.2) is 0 Å². The van der Waals surface area contributed by atoms with E-state index in [0.717, 1.165) is 12.0 Å². The Morgan fingerprint density at radius 3 is 2.03 bits per heavy atom. The number of nitrogens with one attached hydrogen (secondary N) is 4. The number of aliphatic carboxylic acids is 1. The number of aryl methyl sites for hydroxylation is 1. The van der Waals surface area contributed by atoms with Crippen LogP contribution in [0.15, 0.2) is 48.5 Å². The van der Waals surface area contributed by atoms with Crippen LogP contribution < -0.4 is 21.3 Å². The summed E-state index contributed by atoms with van der Waals surface area (Å²) in [5.74, 6) is -3.49. The molecule has 11 nitrogen and oxygen atoms in total. The number of carbonyl (C=O) groups excluding carboxylic acids is 4. The number of carboxylic acids is 1. The van der Waals surface area contributed by atoms with E-state index in [1.165, 1.54) is 16.7 Å². The van der Waals surface area contributed by atoms with Crippen LogP contribution in [0.4, 0.5) is 0 Å². The maximum absolute atomic E-state index is 12.4. The molecule has 0 aliphatic carbocycles. The molecule has 39 heavy (non-hydrogen) atoms. The van der Waals surface area contributed by atoms with Gasteiger partial charge in [0.1, 0.15) is 12.8 Å². The highest BCUT2D eigenvalue weighted by atomic mass is 79.9. The molecule has 0 radical (unpaired) electrons. The number of carboxylic acid groups (broad SMARTS) is 1. The highest BCUT2D eigenvalue weighted by Crippen LogP contribution is 2.12. The van der Waals surface area contributed by atoms with Gasteiger partial charge in [-0.2, -0.15) is 0 Å². The molecule has 0 unspecified atom stereocenters. The van der Waals surface area contributed by atoms with Crippen molar-refractivity contribution in [2.24, 2.45) is 0 Å². The van der Waals surface area contributed by atoms with Crippen LogP contribution in [-0.2, 0) is 41.7 Å². The Balaban J connectivity index is 1.70. The standard InChI is InChI=1S/C27H33BrN4O7/c1-18-2-4-19(5-3-18)12-20-6-8-21(9-7-20)16-39-17-31-24(34)14-30-27(38)22(10-11-26(36)37)32-25(35)15-29-23(33)13-28/h2-9,22H,10-17H2,1H3,(H,29,33)(H,30,38)(H,31,34)(H,32,35)(H,36,37)/t22-/m0/s1. The maximum Gasteiger partial charge on any atom is 0.303 e. The predicted molar refractivity (Wildman–Crippen MR) is 147 cm³/mol. The molecule has 0 spiro atoms. The summed E-state index contributed by atoms with van der Waals surface area (Å²) in [6.07, 6.45) is 0.269. The first-order valence-electron chi connectivity index (χ1n) is 12.3. The third kappa shape index (κ3) is 13.0. The molecule has 210 valence electrons. The second-order valence-electron chi connectivity index (χ2n) is 8.75. The Bertz CT molecular complexity index is 1120. The van der Waals surface area contributed by atoms with Gasteiger partial charge in [-0.3, -0.25) is 24.0 Å². The summed E-state index contributed by atoms with van der Waals surface area (Å²) < 4.78 is 5.48. The molecule has 1 atom stereocenters. The lowest BCUT2D eigenvalue weighted by Gasteiger charge is -2.18. The van der Waals surface area contributed by atoms with E-state index in [4.69, 9.17) is 9.84 Å². The molecule has 0 heterocycles. The van der Waals surface area contributed by atoms with Gasteiger partial charge in [-0.25, -0.2) is 0 Å². The fourth-order valence-electron chi connectivity index (χ4n) is 3.36. The molecule has 0 fully saturated rings. The minimum absolute atomic E-state index is 0.00282. The largest absolute Gasteiger partial charge is 0.481 e. The van der Waals surface area contributed by atoms with E-state index >= 15 is 0 Å². The van der Waals surface area contributed by atoms with Crippen molar-refractivity contribution < 1.29 is 33.8 Å². The number of rotatable bonds is 16. The second kappa shape index (κ2) is 16.9. The monoisotopic (exact) mass is 604 g/mol. The van der Waals surface area contributed by atoms with Crippen molar-refractivity contribution in [1.82, 2.24) is 21.3 Å². The van der Waals surface area contributed by atoms with E-state index in [1.807, 2.05) is 24.3 Å². The van der Waals surface area contributed by atoms with E-state index in [9.17, 15) is 24.0 Å². The first-order valence-corrected chi connectivity index (χ1v) is 13.4. The maximum atomic E-state index is 12.4. The van der Waals surface area contributed by atoms with Crippen molar-refractivity contribution in [3.8, 4) is 0 Å². The van der Waals surface area contributed by atoms with Gasteiger partial charge in [-0.1, -0.05) is 70.0 Å². The van der Waals surface area contributed by atoms with Crippen LogP contribution in [0.3, 0.4) is 0 Å². The number of alkyl halides is 1. The first-order chi connectivity index (χ1) is 18.7. The van der Waals surface area contributed by atoms with E-state index < -0.39 is 42.2 Å². The predicted octanol–water partition coefficient (Wildman–Crippen LogP) is 1.15. The molecule has 2 aromatic rings. The van der Waals surface area contributed by atoms with E-state index in [0.29, 0.717) is 0 Å². The Hall–Kier alpha value is -3.77. The van der Waals surface area contributed by atoms with Crippen LogP contribution in [0.2, 0.25) is 0 Å². The van der Waals surface area contributed by atoms with Gasteiger partial charge < -0.3 is 31.1 Å². The minimum atomic E-state index is -1.19. The van der Waals surface area contributed by atoms with Gasteiger partial charge in [0.05, 0.1) is 25.0 Å². The molecular formula is C27H33BrN4O7. The van der Waals surface area contributed by atoms with Crippen LogP contribution in [0.1, 0.15) is 35.1 Å². The molecule has 0 bridgehead atoms. The summed E-state index contributed by atoms with van der Waals surface area (Å²) in [4.78, 5) is 58.7. The highest BCUT2D eigenvalue weighted by Gasteiger charge is 2.22. The van der Waals surface area contributed by atoms with Crippen molar-refractivity contribution in [2.45, 2.75) is 38.8 Å². The number of benzene rings is 2. The average molecular weight is 605 g/mol. The summed E-state index contributed by atoms with van der Waals surface area (Å²) in [7, 11) is 0. The van der Waals surface area contributed by atoms with E-state index in [2.05, 4.69) is 68.4 Å². The van der Waals surface area contributed by atoms with Gasteiger partial charge >= 0.3 is 5.97 Å². The zero-order chi connectivity index (χ0) is 28.6. The smallest absolute Gasteiger partial charge is 0.303 e. The average Bonchev–Trinajstić information content (AvgIpc) is 2.92. The normalized spacial score (nSPS) is 11.2. The Labute approximate surface area is 235 Å². The number of ether oxygens (including phenoxy) is 1. The Morgan fingerprint density at radius 2 is 1.41 bits per heavy atom. The van der Waals surface area contributed by atoms with Crippen molar-refractivity contribution in [2.75, 3.05) is 25.2 Å². The molecular weight excluding hydrogens is 572 g/mol. The highest BCUT2D eigenvalue weighted by molar-refractivity contribution is 9.09. The van der Waals surface area contributed by atoms with Crippen molar-refractivity contribution >= 4 is 45.5 Å². The molecule has 0 aromatic heterocycles. The molecule has 2 aromatic carbocycles. The van der Waals surface area contributed by atoms with Crippen LogP contribution in [0.5, 0.6) is 0 Å². The minimum Gasteiger partial charge on any atom is -0.481 e. The quantitative estimate of drug-likeness (QED) is 0.109. The summed E-state index contributed by atoms with van der Waals surface area (Å²) in [5.41, 5.74) is 4.56. The molecule has 0 aliphatic rings. The summed E-state index contributed by atoms with van der Waals surface area (Å²) in [5, 5.41) is 18.5. The zero-order valence-corrected chi connectivity index (χ0v) is 23.2. The fraction of sp³-hybridized carbons (Fsp3) is 0.370. The number of halogens is 1. The van der Waals surface area contributed by atoms with E-state index in [-0.39, 0.29) is 38.1 Å². The Kier molecular flexibility index (Phi) is 13.7. The van der Waals surface area contributed by atoms with E-state index in [1.54, 1.807) is 0 Å². The van der Waals surface area contributed by atoms with Crippen LogP contribution in [0.25, 0.3) is 0 Å². The molecule has 0 saturated heterocycles. The van der Waals surface area contributed by atoms with Crippen LogP contribution in [-0.4, -0.2) is 65.9 Å². The number of hydrogen-bond acceptors (Lipinski definition) is 6. The molecule has 12 heteroatoms. The van der Waals surface area contributed by atoms with Gasteiger partial charge in [0.2, 0.25) is 23.6 Å². The van der Waals surface area contributed by atoms with Crippen LogP contribution >= 0.6 is 15.9 Å². The Morgan fingerprint density at radius 1 is 0.821 bits per heavy atom. The third-order valence-corrected chi connectivity index (χ3v) is 5.99. The molecule has 4 amide bonds. The molecule has 0 aliphatic heterocycles. The summed E-state index contributed by atoms with van der Waals surface area (Å²) in [6, 6.07) is 15.2. The van der Waals surface area contributed by atoms with Gasteiger partial charge in [-0.15, -0.1) is 0 Å². The van der Waals surface area contributed by atoms with Crippen LogP contribution in [0, 0.1) is 6.92 Å². The second-order valence-corrected chi connectivity index (χ2v) is 9.31. The lowest BCUT2D eigenvalue weighted by molar-refractivity contribution is -0.138. The summed E-state index contributed by atoms with van der Waals surface area (Å²) >= 11 is 2.94. The lowest BCUT2D eigenvalue weighted by Crippen LogP contribution is -2.51. The number of hydrogen-bond donors (Lipinski definition) is 5. The number of amides is 4. The summed E-state index contributed by atoms with van der Waals surface area (Å²) in [6.45, 7) is 1.49. The van der Waals surface area contributed by atoms with Crippen molar-refractivity contribution in [1.29, 1.82) is 0 Å². The first kappa shape index (κ1) is 31.4. The number of carbonyl (C=O) groups is 5. The van der Waals surface area contributed by atoms with Crippen molar-refractivity contribution in [3.05, 3.63) is 70.8 Å². The fourth-order valence-corrected chi connectivity index (χ4v) is 3.55. The van der Waals surface area contributed by atoms with Gasteiger partial charge in [0.25, 0.3) is 0 Å². The lowest BCUT2D eigenvalue weighted by atomic mass is 10.0. The van der Waals surface area contributed by atoms with Gasteiger partial charge in [-0.05, 0) is 36.5 Å². The van der Waals surface area contributed by atoms with Gasteiger partial charge in [0, 0.05) is 6.42 Å². The SMILES string of the molecule is Cc1ccc(Cc2ccc(COCNC(=O)CNC(=O)[C@H](CCC(=O)O)NC(=O)CNC(=O)CBr)cc2)cc1.